The van der Waals surface area contributed by atoms with Crippen molar-refractivity contribution in [2.45, 2.75) is 0 Å². The predicted molar refractivity (Wildman–Crippen MR) is 27.8 cm³/mol. The molecule has 0 aliphatic carbocycles. The quantitative estimate of drug-likeness (QED) is 0.286. The maximum Gasteiger partial charge on any atom is 0.136 e. The van der Waals surface area contributed by atoms with Gasteiger partial charge in [-0.15, -0.1) is 0 Å². The van der Waals surface area contributed by atoms with Crippen LogP contribution in [0.25, 0.3) is 0 Å². The van der Waals surface area contributed by atoms with Gasteiger partial charge in [0.05, 0.1) is 6.54 Å². The van der Waals surface area contributed by atoms with Crippen LogP contribution in [0.1, 0.15) is 0 Å². The molecule has 0 heterocycles. The molecule has 5 N–H and O–H groups in total. The minimum absolute atomic E-state index is 0.209. The van der Waals surface area contributed by atoms with Crippen LogP contribution in [0.2, 0.25) is 0 Å². The number of nitrogens with two attached hydrogens (primary N) is 2. The summed E-state index contributed by atoms with van der Waals surface area (Å²) in [5, 5.41) is 8.04. The van der Waals surface area contributed by atoms with E-state index >= 15 is 0 Å². The molecule has 0 aliphatic heterocycles. The van der Waals surface area contributed by atoms with Crippen molar-refractivity contribution in [1.82, 2.24) is 0 Å². The lowest BCUT2D eigenvalue weighted by Gasteiger charge is -1.88. The zero-order chi connectivity index (χ0) is 5.70. The highest BCUT2D eigenvalue weighted by Crippen LogP contribution is 1.60. The van der Waals surface area contributed by atoms with E-state index in [4.69, 9.17) is 16.6 Å². The Bertz CT molecular complexity index is 70.6. The number of aliphatic imine (C=N–C) groups is 1. The second kappa shape index (κ2) is 3.58. The number of rotatable bonds is 2. The normalized spacial score (nSPS) is 12.0. The van der Waals surface area contributed by atoms with E-state index in [1.807, 2.05) is 0 Å². The Kier molecular flexibility index (Phi) is 3.26. The molecule has 4 heteroatoms. The van der Waals surface area contributed by atoms with Gasteiger partial charge in [0.15, 0.2) is 0 Å². The van der Waals surface area contributed by atoms with Crippen molar-refractivity contribution in [3.05, 3.63) is 0 Å². The summed E-state index contributed by atoms with van der Waals surface area (Å²) < 4.78 is 0. The second-order valence-electron chi connectivity index (χ2n) is 0.995. The molecule has 0 saturated carbocycles. The fraction of sp³-hybridized carbons (Fsp3) is 0.667. The smallest absolute Gasteiger partial charge is 0.136 e. The number of amidine groups is 1. The SMILES string of the molecule is NCC(N)=NCO. The Morgan fingerprint density at radius 1 is 1.71 bits per heavy atom. The molecule has 0 aromatic heterocycles. The highest BCUT2D eigenvalue weighted by atomic mass is 16.3. The summed E-state index contributed by atoms with van der Waals surface area (Å²) in [5.74, 6) is 0.280. The minimum Gasteiger partial charge on any atom is -0.386 e. The lowest BCUT2D eigenvalue weighted by molar-refractivity contribution is 0.309. The van der Waals surface area contributed by atoms with E-state index in [9.17, 15) is 0 Å². The average Bonchev–Trinajstić information content (AvgIpc) is 1.68. The topological polar surface area (TPSA) is 84.6 Å². The predicted octanol–water partition coefficient (Wildman–Crippen LogP) is -1.75. The molecule has 0 bridgehead atoms. The first kappa shape index (κ1) is 6.39. The monoisotopic (exact) mass is 103 g/mol. The van der Waals surface area contributed by atoms with Gasteiger partial charge in [0.25, 0.3) is 0 Å². The molecule has 0 aromatic carbocycles. The molecule has 0 saturated heterocycles. The van der Waals surface area contributed by atoms with Crippen molar-refractivity contribution in [3.8, 4) is 0 Å². The van der Waals surface area contributed by atoms with Crippen LogP contribution >= 0.6 is 0 Å². The number of nitrogens with zero attached hydrogens (tertiary/aromatic N) is 1. The third-order valence-electron chi connectivity index (χ3n) is 0.483. The number of aliphatic hydroxyl groups excluding tert-OH is 1. The van der Waals surface area contributed by atoms with Crippen molar-refractivity contribution in [2.24, 2.45) is 16.5 Å². The molecule has 0 amide bonds. The van der Waals surface area contributed by atoms with E-state index in [-0.39, 0.29) is 19.1 Å². The standard InChI is InChI=1S/C3H9N3O/c4-1-3(5)6-2-7/h7H,1-2,4H2,(H2,5,6). The first-order valence-electron chi connectivity index (χ1n) is 1.91. The van der Waals surface area contributed by atoms with Gasteiger partial charge in [-0.25, -0.2) is 4.99 Å². The maximum atomic E-state index is 8.04. The molecular weight excluding hydrogens is 94.1 g/mol. The van der Waals surface area contributed by atoms with Gasteiger partial charge in [0, 0.05) is 0 Å². The van der Waals surface area contributed by atoms with Gasteiger partial charge in [-0.3, -0.25) is 0 Å². The van der Waals surface area contributed by atoms with E-state index < -0.39 is 0 Å². The molecule has 0 radical (unpaired) electrons. The zero-order valence-corrected chi connectivity index (χ0v) is 3.96. The summed E-state index contributed by atoms with van der Waals surface area (Å²) >= 11 is 0. The lowest BCUT2D eigenvalue weighted by atomic mass is 10.6. The van der Waals surface area contributed by atoms with E-state index in [0.717, 1.165) is 0 Å². The fourth-order valence-electron chi connectivity index (χ4n) is 0.155. The van der Waals surface area contributed by atoms with Crippen LogP contribution in [-0.4, -0.2) is 24.2 Å². The van der Waals surface area contributed by atoms with E-state index in [0.29, 0.717) is 0 Å². The summed E-state index contributed by atoms with van der Waals surface area (Å²) in [7, 11) is 0. The number of hydrogen-bond donors (Lipinski definition) is 3. The first-order chi connectivity index (χ1) is 3.31. The fourth-order valence-corrected chi connectivity index (χ4v) is 0.155. The van der Waals surface area contributed by atoms with Crippen LogP contribution < -0.4 is 11.5 Å². The highest BCUT2D eigenvalue weighted by molar-refractivity contribution is 5.81. The zero-order valence-electron chi connectivity index (χ0n) is 3.96. The highest BCUT2D eigenvalue weighted by Gasteiger charge is 1.79. The van der Waals surface area contributed by atoms with Gasteiger partial charge in [-0.05, 0) is 0 Å². The van der Waals surface area contributed by atoms with Crippen LogP contribution in [0.3, 0.4) is 0 Å². The van der Waals surface area contributed by atoms with E-state index in [1.54, 1.807) is 0 Å². The molecule has 0 spiro atoms. The van der Waals surface area contributed by atoms with E-state index in [1.165, 1.54) is 0 Å². The summed E-state index contributed by atoms with van der Waals surface area (Å²) in [6.07, 6.45) is 0. The van der Waals surface area contributed by atoms with Gasteiger partial charge < -0.3 is 16.6 Å². The molecule has 42 valence electrons. The average molecular weight is 103 g/mol. The molecule has 0 atom stereocenters. The molecule has 0 rings (SSSR count). The molecular formula is C3H9N3O. The summed E-state index contributed by atoms with van der Waals surface area (Å²) in [5.41, 5.74) is 10.0. The largest absolute Gasteiger partial charge is 0.386 e. The molecule has 0 aromatic rings. The number of aliphatic hydroxyl groups is 1. The maximum absolute atomic E-state index is 8.04. The Hall–Kier alpha value is -0.610. The van der Waals surface area contributed by atoms with Crippen molar-refractivity contribution < 1.29 is 5.11 Å². The van der Waals surface area contributed by atoms with Crippen molar-refractivity contribution in [1.29, 1.82) is 0 Å². The Morgan fingerprint density at radius 3 is 2.43 bits per heavy atom. The van der Waals surface area contributed by atoms with E-state index in [2.05, 4.69) is 4.99 Å². The van der Waals surface area contributed by atoms with Crippen LogP contribution in [0.4, 0.5) is 0 Å². The second-order valence-corrected chi connectivity index (χ2v) is 0.995. The van der Waals surface area contributed by atoms with Crippen LogP contribution in [0.5, 0.6) is 0 Å². The minimum atomic E-state index is -0.275. The Morgan fingerprint density at radius 2 is 2.29 bits per heavy atom. The number of hydrogen-bond acceptors (Lipinski definition) is 3. The van der Waals surface area contributed by atoms with Gasteiger partial charge in [-0.1, -0.05) is 0 Å². The lowest BCUT2D eigenvalue weighted by Crippen LogP contribution is -2.23. The Labute approximate surface area is 41.8 Å². The van der Waals surface area contributed by atoms with Crippen molar-refractivity contribution in [2.75, 3.05) is 13.3 Å². The van der Waals surface area contributed by atoms with Gasteiger partial charge >= 0.3 is 0 Å². The summed E-state index contributed by atoms with van der Waals surface area (Å²) in [6, 6.07) is 0. The molecule has 0 fully saturated rings. The van der Waals surface area contributed by atoms with Gasteiger partial charge in [-0.2, -0.15) is 0 Å². The third kappa shape index (κ3) is 3.21. The van der Waals surface area contributed by atoms with Crippen molar-refractivity contribution >= 4 is 5.84 Å². The van der Waals surface area contributed by atoms with Gasteiger partial charge in [0.2, 0.25) is 0 Å². The summed E-state index contributed by atoms with van der Waals surface area (Å²) in [6.45, 7) is -0.0659. The molecule has 0 unspecified atom stereocenters. The molecule has 4 nitrogen and oxygen atoms in total. The van der Waals surface area contributed by atoms with Crippen LogP contribution in [0, 0.1) is 0 Å². The van der Waals surface area contributed by atoms with Crippen molar-refractivity contribution in [3.63, 3.8) is 0 Å². The first-order valence-corrected chi connectivity index (χ1v) is 1.91. The van der Waals surface area contributed by atoms with Crippen LogP contribution in [-0.2, 0) is 0 Å². The molecule has 0 aliphatic rings. The van der Waals surface area contributed by atoms with Crippen LogP contribution in [0.15, 0.2) is 4.99 Å². The Balaban J connectivity index is 3.29. The summed E-state index contributed by atoms with van der Waals surface area (Å²) in [4.78, 5) is 3.37. The third-order valence-corrected chi connectivity index (χ3v) is 0.483. The van der Waals surface area contributed by atoms with Gasteiger partial charge in [0.1, 0.15) is 12.6 Å². The molecule has 7 heavy (non-hydrogen) atoms.